The van der Waals surface area contributed by atoms with Crippen molar-refractivity contribution in [3.8, 4) is 0 Å². The number of Topliss-reactive ketones (excluding diaryl/α,β-unsaturated/α-hetero) is 1. The monoisotopic (exact) mass is 418 g/mol. The summed E-state index contributed by atoms with van der Waals surface area (Å²) >= 11 is 0. The lowest BCUT2D eigenvalue weighted by atomic mass is 9.42. The highest BCUT2D eigenvalue weighted by molar-refractivity contribution is 5.81. The molecule has 5 nitrogen and oxygen atoms in total. The fourth-order valence-corrected chi connectivity index (χ4v) is 8.34. The molecule has 0 aromatic carbocycles. The molecular weight excluding hydrogens is 380 g/mol. The fourth-order valence-electron chi connectivity index (χ4n) is 8.34. The molecule has 0 aromatic rings. The first-order valence-electron chi connectivity index (χ1n) is 12.0. The van der Waals surface area contributed by atoms with E-state index < -0.39 is 0 Å². The maximum absolute atomic E-state index is 12.5. The molecule has 4 rings (SSSR count). The zero-order chi connectivity index (χ0) is 21.7. The molecule has 0 spiro atoms. The van der Waals surface area contributed by atoms with Crippen LogP contribution in [0.2, 0.25) is 0 Å². The molecule has 168 valence electrons. The zero-order valence-electron chi connectivity index (χ0n) is 19.1. The minimum absolute atomic E-state index is 0.0183. The average molecular weight is 419 g/mol. The van der Waals surface area contributed by atoms with E-state index in [4.69, 9.17) is 9.47 Å². The van der Waals surface area contributed by atoms with E-state index in [1.54, 1.807) is 0 Å². The topological polar surface area (TPSA) is 69.7 Å². The summed E-state index contributed by atoms with van der Waals surface area (Å²) in [5.74, 6) is 2.18. The number of ketones is 1. The third-order valence-electron chi connectivity index (χ3n) is 9.73. The Morgan fingerprint density at radius 2 is 1.80 bits per heavy atom. The quantitative estimate of drug-likeness (QED) is 0.619. The van der Waals surface area contributed by atoms with Gasteiger partial charge in [-0.05, 0) is 80.5 Å². The third kappa shape index (κ3) is 3.40. The van der Waals surface area contributed by atoms with Crippen LogP contribution in [0.1, 0.15) is 85.5 Å². The molecule has 4 aliphatic carbocycles. The van der Waals surface area contributed by atoms with Gasteiger partial charge >= 0.3 is 11.9 Å². The number of carbonyl (C=O) groups excluding carboxylic acids is 3. The molecule has 0 N–H and O–H groups in total. The van der Waals surface area contributed by atoms with Crippen molar-refractivity contribution in [2.45, 2.75) is 91.6 Å². The Balaban J connectivity index is 1.61. The van der Waals surface area contributed by atoms with Crippen molar-refractivity contribution in [2.75, 3.05) is 6.61 Å². The van der Waals surface area contributed by atoms with Crippen molar-refractivity contribution in [3.63, 3.8) is 0 Å². The summed E-state index contributed by atoms with van der Waals surface area (Å²) in [4.78, 5) is 36.6. The van der Waals surface area contributed by atoms with E-state index in [9.17, 15) is 14.4 Å². The molecule has 4 aliphatic rings. The first-order valence-corrected chi connectivity index (χ1v) is 12.0. The van der Waals surface area contributed by atoms with E-state index >= 15 is 0 Å². The fraction of sp³-hybridized carbons (Fsp3) is 0.880. The summed E-state index contributed by atoms with van der Waals surface area (Å²) in [5, 5.41) is 0. The second kappa shape index (κ2) is 7.94. The molecule has 30 heavy (non-hydrogen) atoms. The van der Waals surface area contributed by atoms with E-state index in [1.807, 2.05) is 6.92 Å². The van der Waals surface area contributed by atoms with Gasteiger partial charge in [0, 0.05) is 31.6 Å². The minimum atomic E-state index is -0.167. The number of ether oxygens (including phenoxy) is 2. The average Bonchev–Trinajstić information content (AvgIpc) is 2.99. The second-order valence-corrected chi connectivity index (χ2v) is 10.9. The number of esters is 2. The number of hydrogen-bond donors (Lipinski definition) is 0. The van der Waals surface area contributed by atoms with Crippen molar-refractivity contribution in [1.82, 2.24) is 0 Å². The third-order valence-corrected chi connectivity index (χ3v) is 9.73. The molecular formula is C25H38O5. The van der Waals surface area contributed by atoms with Crippen molar-refractivity contribution in [2.24, 2.45) is 40.4 Å². The Kier molecular flexibility index (Phi) is 5.78. The SMILES string of the molecule is CCOC(=O)C[C@H]1CC(=O)C[C@@H]2CC[C@H]3[C@@H]4CC[C@H](OC(C)=O)[C@@]4(C)CC[C@@H]3[C@@]12C. The number of hydrogen-bond acceptors (Lipinski definition) is 5. The van der Waals surface area contributed by atoms with Gasteiger partial charge in [-0.15, -0.1) is 0 Å². The van der Waals surface area contributed by atoms with Crippen LogP contribution in [0.3, 0.4) is 0 Å². The molecule has 0 aliphatic heterocycles. The van der Waals surface area contributed by atoms with Crippen molar-refractivity contribution in [3.05, 3.63) is 0 Å². The summed E-state index contributed by atoms with van der Waals surface area (Å²) in [6, 6.07) is 0. The maximum atomic E-state index is 12.5. The summed E-state index contributed by atoms with van der Waals surface area (Å²) in [6.07, 6.45) is 8.11. The Bertz CT molecular complexity index is 716. The number of fused-ring (bicyclic) bond motifs is 5. The van der Waals surface area contributed by atoms with Gasteiger partial charge in [0.25, 0.3) is 0 Å². The highest BCUT2D eigenvalue weighted by Crippen LogP contribution is 2.67. The van der Waals surface area contributed by atoms with Crippen LogP contribution in [-0.4, -0.2) is 30.4 Å². The first-order chi connectivity index (χ1) is 14.2. The molecule has 0 aromatic heterocycles. The van der Waals surface area contributed by atoms with Crippen molar-refractivity contribution in [1.29, 1.82) is 0 Å². The van der Waals surface area contributed by atoms with E-state index in [0.717, 1.165) is 38.5 Å². The van der Waals surface area contributed by atoms with Gasteiger partial charge in [-0.1, -0.05) is 13.8 Å². The Labute approximate surface area is 180 Å². The molecule has 4 fully saturated rings. The Hall–Kier alpha value is -1.39. The van der Waals surface area contributed by atoms with Gasteiger partial charge in [-0.25, -0.2) is 0 Å². The highest BCUT2D eigenvalue weighted by Gasteiger charge is 2.63. The van der Waals surface area contributed by atoms with Crippen LogP contribution in [0.5, 0.6) is 0 Å². The van der Waals surface area contributed by atoms with Gasteiger partial charge in [-0.3, -0.25) is 14.4 Å². The van der Waals surface area contributed by atoms with E-state index in [2.05, 4.69) is 13.8 Å². The van der Waals surface area contributed by atoms with Crippen LogP contribution < -0.4 is 0 Å². The van der Waals surface area contributed by atoms with Crippen LogP contribution in [0.15, 0.2) is 0 Å². The summed E-state index contributed by atoms with van der Waals surface area (Å²) in [7, 11) is 0. The van der Waals surface area contributed by atoms with E-state index in [1.165, 1.54) is 6.92 Å². The van der Waals surface area contributed by atoms with E-state index in [0.29, 0.717) is 55.3 Å². The first kappa shape index (κ1) is 21.8. The summed E-state index contributed by atoms with van der Waals surface area (Å²) < 4.78 is 11.0. The smallest absolute Gasteiger partial charge is 0.306 e. The predicted molar refractivity (Wildman–Crippen MR) is 112 cm³/mol. The maximum Gasteiger partial charge on any atom is 0.306 e. The Morgan fingerprint density at radius 3 is 2.50 bits per heavy atom. The normalized spacial score (nSPS) is 45.1. The molecule has 0 unspecified atom stereocenters. The predicted octanol–water partition coefficient (Wildman–Crippen LogP) is 4.71. The van der Waals surface area contributed by atoms with Gasteiger partial charge in [0.2, 0.25) is 0 Å². The number of rotatable bonds is 4. The van der Waals surface area contributed by atoms with Crippen molar-refractivity contribution < 1.29 is 23.9 Å². The van der Waals surface area contributed by atoms with Crippen LogP contribution in [0.25, 0.3) is 0 Å². The molecule has 0 amide bonds. The Morgan fingerprint density at radius 1 is 1.03 bits per heavy atom. The van der Waals surface area contributed by atoms with Gasteiger partial charge in [0.1, 0.15) is 11.9 Å². The largest absolute Gasteiger partial charge is 0.466 e. The van der Waals surface area contributed by atoms with Gasteiger partial charge < -0.3 is 9.47 Å². The number of carbonyl (C=O) groups is 3. The van der Waals surface area contributed by atoms with Crippen LogP contribution in [-0.2, 0) is 23.9 Å². The molecule has 0 saturated heterocycles. The molecule has 8 atom stereocenters. The lowest BCUT2D eigenvalue weighted by Gasteiger charge is -2.62. The summed E-state index contributed by atoms with van der Waals surface area (Å²) in [5.41, 5.74) is 0.0849. The van der Waals surface area contributed by atoms with Crippen LogP contribution >= 0.6 is 0 Å². The lowest BCUT2D eigenvalue weighted by Crippen LogP contribution is -2.57. The van der Waals surface area contributed by atoms with Gasteiger partial charge in [0.05, 0.1) is 6.61 Å². The molecule has 0 bridgehead atoms. The minimum Gasteiger partial charge on any atom is -0.466 e. The highest BCUT2D eigenvalue weighted by atomic mass is 16.5. The molecule has 0 radical (unpaired) electrons. The van der Waals surface area contributed by atoms with Crippen molar-refractivity contribution >= 4 is 17.7 Å². The second-order valence-electron chi connectivity index (χ2n) is 10.9. The van der Waals surface area contributed by atoms with Gasteiger partial charge in [-0.2, -0.15) is 0 Å². The van der Waals surface area contributed by atoms with Crippen LogP contribution in [0, 0.1) is 40.4 Å². The molecule has 5 heteroatoms. The van der Waals surface area contributed by atoms with E-state index in [-0.39, 0.29) is 34.8 Å². The summed E-state index contributed by atoms with van der Waals surface area (Å²) in [6.45, 7) is 8.47. The van der Waals surface area contributed by atoms with Gasteiger partial charge in [0.15, 0.2) is 0 Å². The zero-order valence-corrected chi connectivity index (χ0v) is 19.1. The molecule has 4 saturated carbocycles. The van der Waals surface area contributed by atoms with Crippen LogP contribution in [0.4, 0.5) is 0 Å². The molecule has 0 heterocycles. The lowest BCUT2D eigenvalue weighted by molar-refractivity contribution is -0.171. The standard InChI is InChI=1S/C25H38O5/c1-5-29-23(28)14-17-13-18(27)12-16-6-7-19-20-8-9-22(30-15(2)26)24(20,3)11-10-21(19)25(16,17)4/h16-17,19-22H,5-14H2,1-4H3/t16-,17+,19-,20-,21-,22-,24-,25+/m0/s1.